The number of benzene rings is 3. The largest absolute Gasteiger partial charge is 0.497 e. The monoisotopic (exact) mass is 601 g/mol. The molecule has 0 aliphatic rings. The molecule has 41 heavy (non-hydrogen) atoms. The molecule has 3 aromatic carbocycles. The van der Waals surface area contributed by atoms with Crippen molar-refractivity contribution in [2.75, 3.05) is 25.1 Å². The lowest BCUT2D eigenvalue weighted by Crippen LogP contribution is -2.53. The van der Waals surface area contributed by atoms with E-state index in [2.05, 4.69) is 5.32 Å². The van der Waals surface area contributed by atoms with E-state index in [1.807, 2.05) is 13.8 Å². The van der Waals surface area contributed by atoms with Gasteiger partial charge in [-0.2, -0.15) is 0 Å². The molecule has 9 nitrogen and oxygen atoms in total. The third kappa shape index (κ3) is 7.92. The zero-order valence-corrected chi connectivity index (χ0v) is 25.4. The molecular weight excluding hydrogens is 566 g/mol. The fourth-order valence-corrected chi connectivity index (χ4v) is 5.87. The van der Waals surface area contributed by atoms with E-state index in [9.17, 15) is 18.0 Å². The van der Waals surface area contributed by atoms with Gasteiger partial charge in [0, 0.05) is 23.7 Å². The number of ether oxygens (including phenoxy) is 2. The number of nitrogens with one attached hydrogen (secondary N) is 1. The second-order valence-corrected chi connectivity index (χ2v) is 11.9. The molecule has 0 aliphatic heterocycles. The summed E-state index contributed by atoms with van der Waals surface area (Å²) in [5, 5.41) is 3.41. The zero-order chi connectivity index (χ0) is 30.2. The van der Waals surface area contributed by atoms with Crippen molar-refractivity contribution in [1.29, 1.82) is 0 Å². The van der Waals surface area contributed by atoms with Crippen molar-refractivity contribution in [2.24, 2.45) is 0 Å². The molecule has 0 radical (unpaired) electrons. The minimum atomic E-state index is -4.26. The van der Waals surface area contributed by atoms with E-state index in [0.29, 0.717) is 17.2 Å². The predicted molar refractivity (Wildman–Crippen MR) is 160 cm³/mol. The smallest absolute Gasteiger partial charge is 0.264 e. The van der Waals surface area contributed by atoms with Gasteiger partial charge in [-0.1, -0.05) is 48.9 Å². The lowest BCUT2D eigenvalue weighted by molar-refractivity contribution is -0.140. The number of hydrogen-bond donors (Lipinski definition) is 1. The lowest BCUT2D eigenvalue weighted by atomic mass is 10.1. The van der Waals surface area contributed by atoms with Crippen molar-refractivity contribution in [2.45, 2.75) is 50.7 Å². The van der Waals surface area contributed by atoms with Gasteiger partial charge in [0.15, 0.2) is 0 Å². The van der Waals surface area contributed by atoms with Crippen LogP contribution in [-0.4, -0.2) is 58.0 Å². The van der Waals surface area contributed by atoms with E-state index in [-0.39, 0.29) is 34.8 Å². The quantitative estimate of drug-likeness (QED) is 0.299. The first-order chi connectivity index (χ1) is 19.5. The van der Waals surface area contributed by atoms with Crippen molar-refractivity contribution in [3.63, 3.8) is 0 Å². The Morgan fingerprint density at radius 3 is 2.17 bits per heavy atom. The number of sulfonamides is 1. The normalized spacial score (nSPS) is 12.0. The van der Waals surface area contributed by atoms with Gasteiger partial charge in [-0.3, -0.25) is 13.9 Å². The molecule has 1 atom stereocenters. The summed E-state index contributed by atoms with van der Waals surface area (Å²) >= 11 is 6.07. The number of amides is 2. The Morgan fingerprint density at radius 1 is 0.951 bits per heavy atom. The molecule has 0 aliphatic carbocycles. The first-order valence-corrected chi connectivity index (χ1v) is 15.0. The van der Waals surface area contributed by atoms with Crippen LogP contribution < -0.4 is 19.1 Å². The van der Waals surface area contributed by atoms with Gasteiger partial charge >= 0.3 is 0 Å². The van der Waals surface area contributed by atoms with E-state index in [4.69, 9.17) is 21.1 Å². The molecule has 0 bridgehead atoms. The summed E-state index contributed by atoms with van der Waals surface area (Å²) in [5.74, 6) is -0.300. The van der Waals surface area contributed by atoms with Crippen LogP contribution in [0.1, 0.15) is 32.8 Å². The molecule has 0 heterocycles. The molecule has 1 N–H and O–H groups in total. The summed E-state index contributed by atoms with van der Waals surface area (Å²) in [6, 6.07) is 18.4. The molecule has 0 saturated heterocycles. The van der Waals surface area contributed by atoms with E-state index >= 15 is 0 Å². The number of nitrogens with zero attached hydrogens (tertiary/aromatic N) is 2. The standard InChI is InChI=1S/C30H36ClN3O6S/c1-6-26(30(36)32-21(2)3)33(19-22-12-14-23(31)15-13-22)29(35)20-34(41(37,38)25-10-8-7-9-11-25)27-18-24(39-4)16-17-28(27)40-5/h7-18,21,26H,6,19-20H2,1-5H3,(H,32,36)/t26-/m0/s1. The van der Waals surface area contributed by atoms with E-state index in [1.54, 1.807) is 61.5 Å². The van der Waals surface area contributed by atoms with Gasteiger partial charge in [-0.25, -0.2) is 8.42 Å². The zero-order valence-electron chi connectivity index (χ0n) is 23.8. The summed E-state index contributed by atoms with van der Waals surface area (Å²) < 4.78 is 39.9. The third-order valence-electron chi connectivity index (χ3n) is 6.35. The molecule has 3 aromatic rings. The number of rotatable bonds is 13. The number of anilines is 1. The Labute approximate surface area is 247 Å². The van der Waals surface area contributed by atoms with Gasteiger partial charge in [0.2, 0.25) is 11.8 Å². The van der Waals surface area contributed by atoms with Crippen molar-refractivity contribution in [3.05, 3.63) is 83.4 Å². The van der Waals surface area contributed by atoms with Gasteiger partial charge in [0.25, 0.3) is 10.0 Å². The maximum Gasteiger partial charge on any atom is 0.264 e. The fraction of sp³-hybridized carbons (Fsp3) is 0.333. The van der Waals surface area contributed by atoms with Crippen LogP contribution in [0.25, 0.3) is 0 Å². The molecule has 3 rings (SSSR count). The van der Waals surface area contributed by atoms with Gasteiger partial charge in [0.1, 0.15) is 24.1 Å². The summed E-state index contributed by atoms with van der Waals surface area (Å²) in [7, 11) is -1.39. The number of halogens is 1. The van der Waals surface area contributed by atoms with Gasteiger partial charge in [-0.15, -0.1) is 0 Å². The molecule has 0 spiro atoms. The highest BCUT2D eigenvalue weighted by Gasteiger charge is 2.35. The molecular formula is C30H36ClN3O6S. The minimum Gasteiger partial charge on any atom is -0.497 e. The Bertz CT molecular complexity index is 1430. The molecule has 220 valence electrons. The van der Waals surface area contributed by atoms with E-state index in [0.717, 1.165) is 9.87 Å². The third-order valence-corrected chi connectivity index (χ3v) is 8.37. The molecule has 0 unspecified atom stereocenters. The second kappa shape index (κ2) is 14.2. The Hall–Kier alpha value is -3.76. The van der Waals surface area contributed by atoms with Crippen LogP contribution in [0.5, 0.6) is 11.5 Å². The predicted octanol–water partition coefficient (Wildman–Crippen LogP) is 4.88. The topological polar surface area (TPSA) is 105 Å². The fourth-order valence-electron chi connectivity index (χ4n) is 4.31. The Balaban J connectivity index is 2.13. The molecule has 0 saturated carbocycles. The average molecular weight is 602 g/mol. The van der Waals surface area contributed by atoms with Crippen molar-refractivity contribution in [3.8, 4) is 11.5 Å². The van der Waals surface area contributed by atoms with Crippen LogP contribution in [0.15, 0.2) is 77.7 Å². The highest BCUT2D eigenvalue weighted by atomic mass is 35.5. The van der Waals surface area contributed by atoms with Crippen LogP contribution >= 0.6 is 11.6 Å². The maximum absolute atomic E-state index is 14.2. The van der Waals surface area contributed by atoms with Gasteiger partial charge < -0.3 is 19.7 Å². The Morgan fingerprint density at radius 2 is 1.61 bits per heavy atom. The summed E-state index contributed by atoms with van der Waals surface area (Å²) in [5.41, 5.74) is 0.852. The van der Waals surface area contributed by atoms with Crippen LogP contribution in [-0.2, 0) is 26.2 Å². The Kier molecular flexibility index (Phi) is 11.0. The van der Waals surface area contributed by atoms with Crippen molar-refractivity contribution >= 4 is 39.1 Å². The van der Waals surface area contributed by atoms with Crippen LogP contribution in [0.2, 0.25) is 5.02 Å². The average Bonchev–Trinajstić information content (AvgIpc) is 2.96. The van der Waals surface area contributed by atoms with Gasteiger partial charge in [0.05, 0.1) is 24.8 Å². The summed E-state index contributed by atoms with van der Waals surface area (Å²) in [6.45, 7) is 4.93. The number of methoxy groups -OCH3 is 2. The van der Waals surface area contributed by atoms with Crippen LogP contribution in [0, 0.1) is 0 Å². The number of carbonyl (C=O) groups is 2. The van der Waals surface area contributed by atoms with Gasteiger partial charge in [-0.05, 0) is 62.2 Å². The van der Waals surface area contributed by atoms with Crippen molar-refractivity contribution < 1.29 is 27.5 Å². The number of carbonyl (C=O) groups excluding carboxylic acids is 2. The maximum atomic E-state index is 14.2. The van der Waals surface area contributed by atoms with Crippen LogP contribution in [0.4, 0.5) is 5.69 Å². The second-order valence-electron chi connectivity index (χ2n) is 9.60. The molecule has 0 fully saturated rings. The first-order valence-electron chi connectivity index (χ1n) is 13.2. The van der Waals surface area contributed by atoms with Crippen LogP contribution in [0.3, 0.4) is 0 Å². The molecule has 11 heteroatoms. The number of hydrogen-bond acceptors (Lipinski definition) is 6. The highest BCUT2D eigenvalue weighted by molar-refractivity contribution is 7.92. The first kappa shape index (κ1) is 31.8. The highest BCUT2D eigenvalue weighted by Crippen LogP contribution is 2.36. The lowest BCUT2D eigenvalue weighted by Gasteiger charge is -2.34. The van der Waals surface area contributed by atoms with E-state index < -0.39 is 28.5 Å². The van der Waals surface area contributed by atoms with Crippen molar-refractivity contribution in [1.82, 2.24) is 10.2 Å². The summed E-state index contributed by atoms with van der Waals surface area (Å²) in [6.07, 6.45) is 0.311. The summed E-state index contributed by atoms with van der Waals surface area (Å²) in [4.78, 5) is 28.8. The molecule has 2 amide bonds. The molecule has 0 aromatic heterocycles. The minimum absolute atomic E-state index is 0.00786. The van der Waals surface area contributed by atoms with E-state index in [1.165, 1.54) is 37.3 Å². The SMILES string of the molecule is CC[C@@H](C(=O)NC(C)C)N(Cc1ccc(Cl)cc1)C(=O)CN(c1cc(OC)ccc1OC)S(=O)(=O)c1ccccc1.